The summed E-state index contributed by atoms with van der Waals surface area (Å²) in [7, 11) is 0. The van der Waals surface area contributed by atoms with E-state index in [2.05, 4.69) is 6.92 Å². The number of carbonyl (C=O) groups excluding carboxylic acids is 4. The van der Waals surface area contributed by atoms with Gasteiger partial charge in [0, 0.05) is 19.4 Å². The van der Waals surface area contributed by atoms with E-state index >= 15 is 0 Å². The first-order valence-electron chi connectivity index (χ1n) is 18.1. The van der Waals surface area contributed by atoms with Crippen LogP contribution in [0.25, 0.3) is 0 Å². The molecule has 0 aromatic carbocycles. The number of amides is 2. The molecule has 1 rings (SSSR count). The monoisotopic (exact) mass is 653 g/mol. The predicted octanol–water partition coefficient (Wildman–Crippen LogP) is 6.71. The molecule has 0 radical (unpaired) electrons. The fourth-order valence-electron chi connectivity index (χ4n) is 5.90. The fraction of sp³-hybridized carbons (Fsp3) is 0.889. The number of esters is 2. The van der Waals surface area contributed by atoms with Crippen LogP contribution in [0, 0.1) is 0 Å². The van der Waals surface area contributed by atoms with Gasteiger partial charge in [-0.05, 0) is 86.5 Å². The SMILES string of the molecule is CCCCCCCCCCCCCC(=O)N1CCCCC1CN(N)C(=O)C(N)(CCCCC(=O)OC(C)(C)C)C(=O)OC(C)(C)C. The zero-order chi connectivity index (χ0) is 34.8. The number of hydrogen-bond acceptors (Lipinski definition) is 8. The van der Waals surface area contributed by atoms with E-state index in [1.165, 1.54) is 51.4 Å². The van der Waals surface area contributed by atoms with E-state index in [1.807, 2.05) is 4.90 Å². The molecule has 10 nitrogen and oxygen atoms in total. The van der Waals surface area contributed by atoms with Gasteiger partial charge in [0.05, 0.1) is 12.6 Å². The molecule has 0 aromatic rings. The van der Waals surface area contributed by atoms with Gasteiger partial charge in [0.25, 0.3) is 5.91 Å². The molecule has 10 heteroatoms. The van der Waals surface area contributed by atoms with Crippen molar-refractivity contribution in [2.45, 2.75) is 193 Å². The van der Waals surface area contributed by atoms with Crippen molar-refractivity contribution in [1.82, 2.24) is 9.91 Å². The zero-order valence-electron chi connectivity index (χ0n) is 30.4. The van der Waals surface area contributed by atoms with Gasteiger partial charge in [0.2, 0.25) is 5.91 Å². The van der Waals surface area contributed by atoms with Crippen molar-refractivity contribution in [2.75, 3.05) is 13.1 Å². The molecule has 2 amide bonds. The van der Waals surface area contributed by atoms with E-state index in [0.29, 0.717) is 25.8 Å². The molecule has 1 fully saturated rings. The van der Waals surface area contributed by atoms with Gasteiger partial charge in [-0.3, -0.25) is 19.4 Å². The maximum absolute atomic E-state index is 13.7. The molecule has 46 heavy (non-hydrogen) atoms. The average Bonchev–Trinajstić information content (AvgIpc) is 2.96. The quantitative estimate of drug-likeness (QED) is 0.0347. The molecule has 0 aromatic heterocycles. The number of piperidine rings is 1. The largest absolute Gasteiger partial charge is 0.460 e. The maximum Gasteiger partial charge on any atom is 0.336 e. The maximum atomic E-state index is 13.7. The Hall–Kier alpha value is -2.20. The van der Waals surface area contributed by atoms with Crippen LogP contribution in [0.3, 0.4) is 0 Å². The van der Waals surface area contributed by atoms with Crippen molar-refractivity contribution in [3.05, 3.63) is 0 Å². The van der Waals surface area contributed by atoms with Gasteiger partial charge in [-0.25, -0.2) is 10.6 Å². The van der Waals surface area contributed by atoms with Crippen LogP contribution >= 0.6 is 0 Å². The highest BCUT2D eigenvalue weighted by Crippen LogP contribution is 2.24. The summed E-state index contributed by atoms with van der Waals surface area (Å²) < 4.78 is 10.9. The second kappa shape index (κ2) is 20.9. The van der Waals surface area contributed by atoms with Crippen LogP contribution in [-0.2, 0) is 28.7 Å². The average molecular weight is 653 g/mol. The number of hydrogen-bond donors (Lipinski definition) is 2. The lowest BCUT2D eigenvalue weighted by Gasteiger charge is -2.39. The van der Waals surface area contributed by atoms with E-state index < -0.39 is 28.6 Å². The van der Waals surface area contributed by atoms with Gasteiger partial charge in [0.1, 0.15) is 11.2 Å². The van der Waals surface area contributed by atoms with Crippen molar-refractivity contribution in [3.8, 4) is 0 Å². The third kappa shape index (κ3) is 17.1. The van der Waals surface area contributed by atoms with Crippen LogP contribution in [-0.4, -0.2) is 69.5 Å². The topological polar surface area (TPSA) is 145 Å². The minimum Gasteiger partial charge on any atom is -0.460 e. The van der Waals surface area contributed by atoms with Crippen molar-refractivity contribution in [3.63, 3.8) is 0 Å². The Morgan fingerprint density at radius 2 is 1.26 bits per heavy atom. The van der Waals surface area contributed by atoms with Crippen molar-refractivity contribution in [1.29, 1.82) is 0 Å². The number of unbranched alkanes of at least 4 members (excludes halogenated alkanes) is 11. The van der Waals surface area contributed by atoms with Crippen LogP contribution in [0.2, 0.25) is 0 Å². The van der Waals surface area contributed by atoms with E-state index in [1.54, 1.807) is 41.5 Å². The Bertz CT molecular complexity index is 928. The Morgan fingerprint density at radius 1 is 0.739 bits per heavy atom. The molecule has 2 atom stereocenters. The number of carbonyl (C=O) groups is 4. The van der Waals surface area contributed by atoms with Gasteiger partial charge in [0.15, 0.2) is 5.54 Å². The molecule has 0 aliphatic carbocycles. The lowest BCUT2D eigenvalue weighted by atomic mass is 9.91. The van der Waals surface area contributed by atoms with Crippen LogP contribution in [0.4, 0.5) is 0 Å². The van der Waals surface area contributed by atoms with Gasteiger partial charge in [-0.15, -0.1) is 0 Å². The van der Waals surface area contributed by atoms with E-state index in [-0.39, 0.29) is 37.3 Å². The second-order valence-corrected chi connectivity index (χ2v) is 15.2. The lowest BCUT2D eigenvalue weighted by molar-refractivity contribution is -0.168. The van der Waals surface area contributed by atoms with E-state index in [4.69, 9.17) is 21.1 Å². The number of ether oxygens (including phenoxy) is 2. The van der Waals surface area contributed by atoms with Gasteiger partial charge < -0.3 is 20.1 Å². The summed E-state index contributed by atoms with van der Waals surface area (Å²) >= 11 is 0. The van der Waals surface area contributed by atoms with Crippen LogP contribution in [0.15, 0.2) is 0 Å². The molecule has 0 spiro atoms. The smallest absolute Gasteiger partial charge is 0.336 e. The van der Waals surface area contributed by atoms with Crippen molar-refractivity contribution < 1.29 is 28.7 Å². The molecular formula is C36H68N4O6. The Kier molecular flexibility index (Phi) is 19.0. The summed E-state index contributed by atoms with van der Waals surface area (Å²) in [5, 5.41) is 0.996. The van der Waals surface area contributed by atoms with Gasteiger partial charge in [-0.1, -0.05) is 71.1 Å². The van der Waals surface area contributed by atoms with E-state index in [0.717, 1.165) is 43.5 Å². The summed E-state index contributed by atoms with van der Waals surface area (Å²) in [4.78, 5) is 54.3. The Morgan fingerprint density at radius 3 is 1.80 bits per heavy atom. The summed E-state index contributed by atoms with van der Waals surface area (Å²) in [6.07, 6.45) is 17.3. The van der Waals surface area contributed by atoms with Crippen LogP contribution in [0.1, 0.15) is 170 Å². The number of hydrazine groups is 1. The van der Waals surface area contributed by atoms with Crippen LogP contribution < -0.4 is 11.6 Å². The summed E-state index contributed by atoms with van der Waals surface area (Å²) in [6.45, 7) is 13.5. The Labute approximate surface area is 280 Å². The molecule has 0 bridgehead atoms. The third-order valence-electron chi connectivity index (χ3n) is 8.38. The minimum atomic E-state index is -2.02. The molecule has 2 unspecified atom stereocenters. The lowest BCUT2D eigenvalue weighted by Crippen LogP contribution is -2.65. The van der Waals surface area contributed by atoms with Crippen molar-refractivity contribution in [2.24, 2.45) is 11.6 Å². The highest BCUT2D eigenvalue weighted by Gasteiger charge is 2.47. The molecule has 1 heterocycles. The molecule has 1 aliphatic heterocycles. The third-order valence-corrected chi connectivity index (χ3v) is 8.38. The Balaban J connectivity index is 2.71. The summed E-state index contributed by atoms with van der Waals surface area (Å²) in [6, 6.07) is -0.238. The highest BCUT2D eigenvalue weighted by molar-refractivity contribution is 6.07. The van der Waals surface area contributed by atoms with Gasteiger partial charge in [-0.2, -0.15) is 0 Å². The minimum absolute atomic E-state index is 0.0383. The number of rotatable bonds is 21. The molecule has 1 aliphatic rings. The number of likely N-dealkylation sites (tertiary alicyclic amines) is 1. The fourth-order valence-corrected chi connectivity index (χ4v) is 5.90. The number of nitrogens with zero attached hydrogens (tertiary/aromatic N) is 2. The normalized spacial score (nSPS) is 16.9. The van der Waals surface area contributed by atoms with E-state index in [9.17, 15) is 19.2 Å². The molecule has 0 saturated carbocycles. The standard InChI is InChI=1S/C36H68N4O6/c1-8-9-10-11-12-13-14-15-16-17-18-24-30(41)39-27-22-20-23-29(39)28-40(38)32(43)36(37,33(44)46-35(5,6)7)26-21-19-25-31(42)45-34(2,3)4/h29H,8-28,37-38H2,1-7H3. The predicted molar refractivity (Wildman–Crippen MR) is 183 cm³/mol. The zero-order valence-corrected chi connectivity index (χ0v) is 30.4. The van der Waals surface area contributed by atoms with Crippen molar-refractivity contribution >= 4 is 23.8 Å². The number of nitrogens with two attached hydrogens (primary N) is 2. The first-order valence-corrected chi connectivity index (χ1v) is 18.1. The first kappa shape index (κ1) is 41.8. The molecular weight excluding hydrogens is 584 g/mol. The first-order chi connectivity index (χ1) is 21.5. The molecule has 1 saturated heterocycles. The highest BCUT2D eigenvalue weighted by atomic mass is 16.6. The second-order valence-electron chi connectivity index (χ2n) is 15.2. The van der Waals surface area contributed by atoms with Gasteiger partial charge >= 0.3 is 11.9 Å². The summed E-state index contributed by atoms with van der Waals surface area (Å²) in [5.41, 5.74) is 3.04. The molecule has 4 N–H and O–H groups in total. The summed E-state index contributed by atoms with van der Waals surface area (Å²) in [5.74, 6) is 4.45. The van der Waals surface area contributed by atoms with Crippen LogP contribution in [0.5, 0.6) is 0 Å². The molecule has 268 valence electrons.